The van der Waals surface area contributed by atoms with Crippen LogP contribution in [0.1, 0.15) is 95.5 Å². The number of ketones is 1. The minimum Gasteiger partial charge on any atom is -0.396 e. The number of carbonyl (C=O) groups is 1. The molecule has 3 fully saturated rings. The largest absolute Gasteiger partial charge is 0.396 e. The van der Waals surface area contributed by atoms with E-state index < -0.39 is 0 Å². The average molecular weight is 505 g/mol. The molecule has 5 atom stereocenters. The molecule has 200 valence electrons. The number of nitrogens with one attached hydrogen (secondary N) is 1. The fraction of sp³-hybridized carbons (Fsp3) is 0.656. The Bertz CT molecular complexity index is 1090. The van der Waals surface area contributed by atoms with Crippen LogP contribution in [0.2, 0.25) is 0 Å². The first-order valence-electron chi connectivity index (χ1n) is 14.8. The highest BCUT2D eigenvalue weighted by molar-refractivity contribution is 5.93. The molecule has 5 aliphatic rings. The van der Waals surface area contributed by atoms with Crippen molar-refractivity contribution in [2.75, 3.05) is 24.6 Å². The van der Waals surface area contributed by atoms with Crippen LogP contribution in [0.3, 0.4) is 0 Å². The lowest BCUT2D eigenvalue weighted by molar-refractivity contribution is -0.114. The fourth-order valence-electron chi connectivity index (χ4n) is 9.18. The van der Waals surface area contributed by atoms with E-state index in [0.717, 1.165) is 58.0 Å². The standard InChI is InChI=1S/C32H44N2O3/c1-31-21-28(22-6-9-24(10-7-22)34-17-3-2-4-18-34)30-26-13-11-25(36)20-23(26)8-12-27(30)29(31)14-16-32(31,33-37)15-5-19-35/h6-7,9-10,20,27-29,33,35,37H,2-5,8,11-19,21H2,1H3/t27-,28+,29-,31-,32-/m0/s1. The second kappa shape index (κ2) is 9.98. The molecule has 1 aliphatic heterocycles. The van der Waals surface area contributed by atoms with Gasteiger partial charge in [0.1, 0.15) is 0 Å². The van der Waals surface area contributed by atoms with Gasteiger partial charge < -0.3 is 15.2 Å². The number of hydroxylamine groups is 1. The zero-order valence-electron chi connectivity index (χ0n) is 22.5. The number of carbonyl (C=O) groups excluding carboxylic acids is 1. The van der Waals surface area contributed by atoms with Crippen molar-refractivity contribution in [3.63, 3.8) is 0 Å². The van der Waals surface area contributed by atoms with Crippen molar-refractivity contribution in [3.05, 3.63) is 52.6 Å². The van der Waals surface area contributed by atoms with Crippen molar-refractivity contribution in [3.8, 4) is 0 Å². The van der Waals surface area contributed by atoms with Crippen LogP contribution in [-0.4, -0.2) is 41.3 Å². The number of rotatable bonds is 6. The van der Waals surface area contributed by atoms with Gasteiger partial charge in [-0.05, 0) is 123 Å². The van der Waals surface area contributed by atoms with Crippen LogP contribution in [0, 0.1) is 17.3 Å². The summed E-state index contributed by atoms with van der Waals surface area (Å²) in [5.74, 6) is 1.59. The third kappa shape index (κ3) is 4.13. The van der Waals surface area contributed by atoms with E-state index >= 15 is 0 Å². The summed E-state index contributed by atoms with van der Waals surface area (Å²) < 4.78 is 0. The van der Waals surface area contributed by atoms with E-state index in [1.54, 1.807) is 5.57 Å². The van der Waals surface area contributed by atoms with Crippen molar-refractivity contribution < 1.29 is 15.1 Å². The van der Waals surface area contributed by atoms with Crippen LogP contribution in [0.15, 0.2) is 47.1 Å². The van der Waals surface area contributed by atoms with Gasteiger partial charge in [0.05, 0.1) is 0 Å². The maximum atomic E-state index is 12.3. The second-order valence-electron chi connectivity index (χ2n) is 12.7. The highest BCUT2D eigenvalue weighted by Crippen LogP contribution is 2.67. The molecule has 5 heteroatoms. The van der Waals surface area contributed by atoms with E-state index in [1.807, 2.05) is 6.08 Å². The Labute approximate surface area is 222 Å². The Morgan fingerprint density at radius 3 is 2.57 bits per heavy atom. The van der Waals surface area contributed by atoms with Gasteiger partial charge >= 0.3 is 0 Å². The minimum atomic E-state index is -0.360. The van der Waals surface area contributed by atoms with Crippen LogP contribution in [0.5, 0.6) is 0 Å². The second-order valence-corrected chi connectivity index (χ2v) is 12.7. The SMILES string of the molecule is C[C@]12C[C@H](c3ccc(N4CCCCC4)cc3)C3=C4CCC(=O)C=C4CC[C@H]3[C@@H]1CC[C@]2(CCCO)NO. The molecule has 0 spiro atoms. The maximum absolute atomic E-state index is 12.3. The van der Waals surface area contributed by atoms with Crippen LogP contribution in [0.25, 0.3) is 0 Å². The van der Waals surface area contributed by atoms with Gasteiger partial charge in [0.25, 0.3) is 0 Å². The Morgan fingerprint density at radius 2 is 1.84 bits per heavy atom. The Kier molecular flexibility index (Phi) is 6.83. The summed E-state index contributed by atoms with van der Waals surface area (Å²) in [4.78, 5) is 14.8. The van der Waals surface area contributed by atoms with Gasteiger partial charge in [-0.3, -0.25) is 4.79 Å². The van der Waals surface area contributed by atoms with E-state index in [4.69, 9.17) is 0 Å². The van der Waals surface area contributed by atoms with Crippen molar-refractivity contribution in [2.24, 2.45) is 17.3 Å². The van der Waals surface area contributed by atoms with Gasteiger partial charge in [0.2, 0.25) is 0 Å². The molecule has 37 heavy (non-hydrogen) atoms. The van der Waals surface area contributed by atoms with Crippen LogP contribution < -0.4 is 10.4 Å². The molecule has 3 N–H and O–H groups in total. The zero-order valence-corrected chi connectivity index (χ0v) is 22.5. The molecule has 1 heterocycles. The molecule has 0 unspecified atom stereocenters. The highest BCUT2D eigenvalue weighted by atomic mass is 16.5. The number of hydrogen-bond donors (Lipinski definition) is 3. The number of benzene rings is 1. The monoisotopic (exact) mass is 504 g/mol. The molecule has 0 aromatic heterocycles. The molecule has 1 aromatic carbocycles. The van der Waals surface area contributed by atoms with E-state index in [1.165, 1.54) is 41.7 Å². The highest BCUT2D eigenvalue weighted by Gasteiger charge is 2.62. The molecule has 2 saturated carbocycles. The number of piperidine rings is 1. The van der Waals surface area contributed by atoms with E-state index in [-0.39, 0.29) is 23.3 Å². The lowest BCUT2D eigenvalue weighted by Gasteiger charge is -2.56. The van der Waals surface area contributed by atoms with E-state index in [2.05, 4.69) is 41.6 Å². The molecule has 6 rings (SSSR count). The Balaban J connectivity index is 1.43. The molecule has 1 aromatic rings. The van der Waals surface area contributed by atoms with Crippen molar-refractivity contribution in [2.45, 2.75) is 95.4 Å². The topological polar surface area (TPSA) is 72.8 Å². The van der Waals surface area contributed by atoms with E-state index in [9.17, 15) is 15.1 Å². The van der Waals surface area contributed by atoms with Gasteiger partial charge in [-0.2, -0.15) is 5.48 Å². The summed E-state index contributed by atoms with van der Waals surface area (Å²) in [6.07, 6.45) is 14.0. The molecule has 5 nitrogen and oxygen atoms in total. The minimum absolute atomic E-state index is 0.0619. The fourth-order valence-corrected chi connectivity index (χ4v) is 9.18. The molecular weight excluding hydrogens is 460 g/mol. The number of fused-ring (bicyclic) bond motifs is 4. The maximum Gasteiger partial charge on any atom is 0.156 e. The first-order chi connectivity index (χ1) is 18.0. The lowest BCUT2D eigenvalue weighted by atomic mass is 9.50. The summed E-state index contributed by atoms with van der Waals surface area (Å²) in [5, 5.41) is 20.3. The summed E-state index contributed by atoms with van der Waals surface area (Å²) in [5.41, 5.74) is 9.52. The number of hydrogen-bond acceptors (Lipinski definition) is 5. The van der Waals surface area contributed by atoms with Gasteiger partial charge in [-0.1, -0.05) is 24.6 Å². The smallest absolute Gasteiger partial charge is 0.156 e. The third-order valence-electron chi connectivity index (χ3n) is 11.1. The molecule has 1 saturated heterocycles. The van der Waals surface area contributed by atoms with Gasteiger partial charge in [-0.15, -0.1) is 0 Å². The van der Waals surface area contributed by atoms with Crippen molar-refractivity contribution in [1.82, 2.24) is 5.48 Å². The molecule has 0 bridgehead atoms. The first kappa shape index (κ1) is 25.3. The third-order valence-corrected chi connectivity index (χ3v) is 11.1. The first-order valence-corrected chi connectivity index (χ1v) is 14.8. The zero-order chi connectivity index (χ0) is 25.6. The lowest BCUT2D eigenvalue weighted by Crippen LogP contribution is -2.58. The quantitative estimate of drug-likeness (QED) is 0.410. The van der Waals surface area contributed by atoms with Gasteiger partial charge in [0.15, 0.2) is 5.78 Å². The number of allylic oxidation sites excluding steroid dienone is 4. The molecular formula is C32H44N2O3. The average Bonchev–Trinajstić information content (AvgIpc) is 3.23. The molecule has 0 radical (unpaired) electrons. The Hall–Kier alpha value is -1.95. The van der Waals surface area contributed by atoms with Crippen LogP contribution in [-0.2, 0) is 4.79 Å². The van der Waals surface area contributed by atoms with E-state index in [0.29, 0.717) is 30.6 Å². The number of nitrogens with zero attached hydrogens (tertiary/aromatic N) is 1. The summed E-state index contributed by atoms with van der Waals surface area (Å²) >= 11 is 0. The van der Waals surface area contributed by atoms with Gasteiger partial charge in [-0.25, -0.2) is 0 Å². The number of aliphatic hydroxyl groups is 1. The molecule has 4 aliphatic carbocycles. The predicted molar refractivity (Wildman–Crippen MR) is 147 cm³/mol. The van der Waals surface area contributed by atoms with Gasteiger partial charge in [0, 0.05) is 43.3 Å². The van der Waals surface area contributed by atoms with Crippen molar-refractivity contribution >= 4 is 11.5 Å². The molecule has 0 amide bonds. The number of anilines is 1. The summed E-state index contributed by atoms with van der Waals surface area (Å²) in [7, 11) is 0. The van der Waals surface area contributed by atoms with Crippen molar-refractivity contribution in [1.29, 1.82) is 0 Å². The van der Waals surface area contributed by atoms with Crippen LogP contribution >= 0.6 is 0 Å². The number of aliphatic hydroxyl groups excluding tert-OH is 1. The predicted octanol–water partition coefficient (Wildman–Crippen LogP) is 6.07. The summed E-state index contributed by atoms with van der Waals surface area (Å²) in [6.45, 7) is 4.87. The normalized spacial score (nSPS) is 35.6. The Morgan fingerprint density at radius 1 is 1.05 bits per heavy atom. The van der Waals surface area contributed by atoms with Crippen LogP contribution in [0.4, 0.5) is 5.69 Å². The summed E-state index contributed by atoms with van der Waals surface area (Å²) in [6, 6.07) is 9.39.